The minimum Gasteiger partial charge on any atom is -0.310 e. The number of nitrogens with zero attached hydrogens (tertiary/aromatic N) is 3. The molecular formula is C21H30N4O. The second kappa shape index (κ2) is 8.49. The van der Waals surface area contributed by atoms with Gasteiger partial charge in [-0.25, -0.2) is 4.68 Å². The number of amides is 1. The third-order valence-electron chi connectivity index (χ3n) is 5.35. The van der Waals surface area contributed by atoms with Crippen LogP contribution in [0.1, 0.15) is 45.2 Å². The molecule has 1 fully saturated rings. The molecule has 5 heteroatoms. The molecule has 1 aromatic carbocycles. The van der Waals surface area contributed by atoms with Gasteiger partial charge in [-0.1, -0.05) is 30.3 Å². The van der Waals surface area contributed by atoms with Gasteiger partial charge in [-0.3, -0.25) is 9.69 Å². The van der Waals surface area contributed by atoms with Crippen molar-refractivity contribution in [2.45, 2.75) is 52.1 Å². The molecule has 0 saturated carbocycles. The number of likely N-dealkylation sites (tertiary alicyclic amines) is 1. The van der Waals surface area contributed by atoms with Crippen molar-refractivity contribution < 1.29 is 4.79 Å². The molecule has 1 aliphatic heterocycles. The highest BCUT2D eigenvalue weighted by atomic mass is 16.2. The van der Waals surface area contributed by atoms with E-state index in [2.05, 4.69) is 59.5 Å². The maximum Gasteiger partial charge on any atom is 0.242 e. The summed E-state index contributed by atoms with van der Waals surface area (Å²) in [6, 6.07) is 12.7. The van der Waals surface area contributed by atoms with Crippen molar-refractivity contribution in [2.24, 2.45) is 5.92 Å². The van der Waals surface area contributed by atoms with Crippen LogP contribution in [0, 0.1) is 5.92 Å². The number of nitrogens with one attached hydrogen (secondary N) is 1. The number of hydrogen-bond acceptors (Lipinski definition) is 3. The Balaban J connectivity index is 1.50. The number of carbonyl (C=O) groups is 1. The lowest BCUT2D eigenvalue weighted by Gasteiger charge is -2.35. The molecule has 1 atom stereocenters. The average molecular weight is 354 g/mol. The topological polar surface area (TPSA) is 50.2 Å². The molecule has 1 aliphatic rings. The van der Waals surface area contributed by atoms with Crippen LogP contribution in [0.5, 0.6) is 0 Å². The van der Waals surface area contributed by atoms with E-state index in [1.54, 1.807) is 6.20 Å². The number of aromatic nitrogens is 2. The molecule has 1 amide bonds. The lowest BCUT2D eigenvalue weighted by atomic mass is 9.89. The minimum atomic E-state index is -0.122. The number of rotatable bonds is 6. The van der Waals surface area contributed by atoms with E-state index >= 15 is 0 Å². The van der Waals surface area contributed by atoms with Crippen molar-refractivity contribution in [2.75, 3.05) is 18.4 Å². The fraction of sp³-hybridized carbons (Fsp3) is 0.524. The number of piperidine rings is 1. The van der Waals surface area contributed by atoms with Crippen molar-refractivity contribution >= 4 is 11.7 Å². The van der Waals surface area contributed by atoms with Gasteiger partial charge in [-0.2, -0.15) is 5.10 Å². The number of hydrogen-bond donors (Lipinski definition) is 1. The molecule has 1 unspecified atom stereocenters. The molecule has 1 aromatic heterocycles. The van der Waals surface area contributed by atoms with Crippen LogP contribution in [0.4, 0.5) is 5.82 Å². The molecule has 3 rings (SSSR count). The standard InChI is InChI=1S/C21H30N4O/c1-16(2)25-20(9-12-22-25)23-21(26)17(3)24-13-10-19(11-14-24)15-18-7-5-4-6-8-18/h4-9,12,16-17,19H,10-11,13-15H2,1-3H3,(H,23,26). The first-order chi connectivity index (χ1) is 12.5. The van der Waals surface area contributed by atoms with Gasteiger partial charge in [0.05, 0.1) is 12.2 Å². The molecule has 0 bridgehead atoms. The van der Waals surface area contributed by atoms with E-state index < -0.39 is 0 Å². The third kappa shape index (κ3) is 4.52. The Hall–Kier alpha value is -2.14. The SMILES string of the molecule is CC(C(=O)Nc1ccnn1C(C)C)N1CCC(Cc2ccccc2)CC1. The van der Waals surface area contributed by atoms with Crippen molar-refractivity contribution in [3.8, 4) is 0 Å². The summed E-state index contributed by atoms with van der Waals surface area (Å²) in [5, 5.41) is 7.32. The zero-order valence-electron chi connectivity index (χ0n) is 16.1. The predicted octanol–water partition coefficient (Wildman–Crippen LogP) is 3.75. The maximum atomic E-state index is 12.7. The van der Waals surface area contributed by atoms with E-state index in [-0.39, 0.29) is 18.0 Å². The van der Waals surface area contributed by atoms with Crippen LogP contribution in [-0.4, -0.2) is 39.7 Å². The second-order valence-corrected chi connectivity index (χ2v) is 7.59. The smallest absolute Gasteiger partial charge is 0.242 e. The molecule has 2 heterocycles. The third-order valence-corrected chi connectivity index (χ3v) is 5.35. The number of benzene rings is 1. The van der Waals surface area contributed by atoms with Crippen LogP contribution in [0.15, 0.2) is 42.6 Å². The molecule has 1 N–H and O–H groups in total. The Kier molecular flexibility index (Phi) is 6.09. The quantitative estimate of drug-likeness (QED) is 0.859. The Morgan fingerprint density at radius 3 is 2.50 bits per heavy atom. The van der Waals surface area contributed by atoms with Gasteiger partial charge < -0.3 is 5.32 Å². The molecule has 1 saturated heterocycles. The summed E-state index contributed by atoms with van der Waals surface area (Å²) in [7, 11) is 0. The van der Waals surface area contributed by atoms with Crippen molar-refractivity contribution in [1.82, 2.24) is 14.7 Å². The number of carbonyl (C=O) groups excluding carboxylic acids is 1. The zero-order valence-corrected chi connectivity index (χ0v) is 16.1. The predicted molar refractivity (Wildman–Crippen MR) is 105 cm³/mol. The first kappa shape index (κ1) is 18.6. The highest BCUT2D eigenvalue weighted by Gasteiger charge is 2.27. The fourth-order valence-corrected chi connectivity index (χ4v) is 3.71. The van der Waals surface area contributed by atoms with Crippen LogP contribution in [0.25, 0.3) is 0 Å². The summed E-state index contributed by atoms with van der Waals surface area (Å²) >= 11 is 0. The zero-order chi connectivity index (χ0) is 18.5. The monoisotopic (exact) mass is 354 g/mol. The second-order valence-electron chi connectivity index (χ2n) is 7.59. The number of anilines is 1. The lowest BCUT2D eigenvalue weighted by Crippen LogP contribution is -2.46. The summed E-state index contributed by atoms with van der Waals surface area (Å²) < 4.78 is 1.84. The van der Waals surface area contributed by atoms with E-state index in [0.717, 1.165) is 38.2 Å². The van der Waals surface area contributed by atoms with Gasteiger partial charge in [0.2, 0.25) is 5.91 Å². The highest BCUT2D eigenvalue weighted by Crippen LogP contribution is 2.23. The van der Waals surface area contributed by atoms with Crippen LogP contribution in [0.3, 0.4) is 0 Å². The first-order valence-electron chi connectivity index (χ1n) is 9.67. The Morgan fingerprint density at radius 2 is 1.85 bits per heavy atom. The molecule has 0 radical (unpaired) electrons. The van der Waals surface area contributed by atoms with Gasteiger partial charge in [0.15, 0.2) is 0 Å². The first-order valence-corrected chi connectivity index (χ1v) is 9.67. The van der Waals surface area contributed by atoms with E-state index in [1.165, 1.54) is 5.56 Å². The average Bonchev–Trinajstić information content (AvgIpc) is 3.11. The molecule has 0 spiro atoms. The van der Waals surface area contributed by atoms with Gasteiger partial charge in [-0.05, 0) is 64.6 Å². The largest absolute Gasteiger partial charge is 0.310 e. The van der Waals surface area contributed by atoms with Gasteiger partial charge in [0, 0.05) is 12.1 Å². The Bertz CT molecular complexity index is 702. The Morgan fingerprint density at radius 1 is 1.15 bits per heavy atom. The summed E-state index contributed by atoms with van der Waals surface area (Å²) in [5.41, 5.74) is 1.42. The Labute approximate surface area is 156 Å². The van der Waals surface area contributed by atoms with Crippen LogP contribution in [0.2, 0.25) is 0 Å². The highest BCUT2D eigenvalue weighted by molar-refractivity contribution is 5.93. The molecule has 140 valence electrons. The lowest BCUT2D eigenvalue weighted by molar-refractivity contribution is -0.121. The molecule has 0 aliphatic carbocycles. The van der Waals surface area contributed by atoms with Crippen molar-refractivity contribution in [1.29, 1.82) is 0 Å². The summed E-state index contributed by atoms with van der Waals surface area (Å²) in [4.78, 5) is 15.0. The summed E-state index contributed by atoms with van der Waals surface area (Å²) in [6.45, 7) is 8.08. The van der Waals surface area contributed by atoms with E-state index in [0.29, 0.717) is 5.92 Å². The van der Waals surface area contributed by atoms with Crippen LogP contribution in [-0.2, 0) is 11.2 Å². The molecular weight excluding hydrogens is 324 g/mol. The van der Waals surface area contributed by atoms with Crippen molar-refractivity contribution in [3.63, 3.8) is 0 Å². The summed E-state index contributed by atoms with van der Waals surface area (Å²) in [5.74, 6) is 1.54. The normalized spacial score (nSPS) is 17.4. The molecule has 26 heavy (non-hydrogen) atoms. The minimum absolute atomic E-state index is 0.0499. The molecule has 2 aromatic rings. The van der Waals surface area contributed by atoms with Gasteiger partial charge in [-0.15, -0.1) is 0 Å². The van der Waals surface area contributed by atoms with Crippen LogP contribution >= 0.6 is 0 Å². The van der Waals surface area contributed by atoms with Gasteiger partial charge in [0.25, 0.3) is 0 Å². The van der Waals surface area contributed by atoms with Gasteiger partial charge in [0.1, 0.15) is 5.82 Å². The van der Waals surface area contributed by atoms with Crippen LogP contribution < -0.4 is 5.32 Å². The van der Waals surface area contributed by atoms with E-state index in [4.69, 9.17) is 0 Å². The molecule has 5 nitrogen and oxygen atoms in total. The maximum absolute atomic E-state index is 12.7. The van der Waals surface area contributed by atoms with Gasteiger partial charge >= 0.3 is 0 Å². The summed E-state index contributed by atoms with van der Waals surface area (Å²) in [6.07, 6.45) is 5.17. The van der Waals surface area contributed by atoms with E-state index in [1.807, 2.05) is 17.7 Å². The fourth-order valence-electron chi connectivity index (χ4n) is 3.71. The van der Waals surface area contributed by atoms with E-state index in [9.17, 15) is 4.79 Å². The van der Waals surface area contributed by atoms with Crippen molar-refractivity contribution in [3.05, 3.63) is 48.2 Å².